The van der Waals surface area contributed by atoms with Crippen molar-refractivity contribution in [3.8, 4) is 0 Å². The zero-order valence-corrected chi connectivity index (χ0v) is 35.2. The summed E-state index contributed by atoms with van der Waals surface area (Å²) in [6.07, 6.45) is 4.03. The average molecular weight is 858 g/mol. The second-order valence-electron chi connectivity index (χ2n) is 15.9. The summed E-state index contributed by atoms with van der Waals surface area (Å²) in [6.45, 7) is 3.09. The van der Waals surface area contributed by atoms with Gasteiger partial charge in [0.05, 0.1) is 6.61 Å². The van der Waals surface area contributed by atoms with Gasteiger partial charge < -0.3 is 19.5 Å². The van der Waals surface area contributed by atoms with Crippen LogP contribution >= 0.6 is 0 Å². The number of esters is 2. The third kappa shape index (κ3) is 43.8. The van der Waals surface area contributed by atoms with E-state index in [1.54, 1.807) is 0 Å². The Kier molecular flexibility index (Phi) is 34.8. The van der Waals surface area contributed by atoms with Crippen molar-refractivity contribution in [3.05, 3.63) is 0 Å². The van der Waals surface area contributed by atoms with Gasteiger partial charge in [-0.15, -0.1) is 0 Å². The number of alkyl halides is 9. The van der Waals surface area contributed by atoms with Crippen LogP contribution in [0.25, 0.3) is 0 Å². The predicted molar refractivity (Wildman–Crippen MR) is 210 cm³/mol. The zero-order valence-electron chi connectivity index (χ0n) is 35.2. The summed E-state index contributed by atoms with van der Waals surface area (Å²) in [4.78, 5) is 27.0. The maximum atomic E-state index is 12.6. The monoisotopic (exact) mass is 858 g/mol. The fourth-order valence-electron chi connectivity index (χ4n) is 6.90. The van der Waals surface area contributed by atoms with Gasteiger partial charge in [0.2, 0.25) is 0 Å². The molecule has 15 heteroatoms. The van der Waals surface area contributed by atoms with Crippen LogP contribution in [0.1, 0.15) is 205 Å². The Bertz CT molecular complexity index is 964. The van der Waals surface area contributed by atoms with Crippen LogP contribution in [-0.2, 0) is 19.1 Å². The van der Waals surface area contributed by atoms with Crippen molar-refractivity contribution in [2.24, 2.45) is 0 Å². The number of hydrogen-bond donors (Lipinski definition) is 1. The highest BCUT2D eigenvalue weighted by molar-refractivity contribution is 5.69. The molecule has 1 atom stereocenters. The van der Waals surface area contributed by atoms with E-state index < -0.39 is 43.9 Å². The van der Waals surface area contributed by atoms with Crippen LogP contribution in [0.5, 0.6) is 0 Å². The van der Waals surface area contributed by atoms with Crippen molar-refractivity contribution >= 4 is 11.9 Å². The van der Waals surface area contributed by atoms with E-state index in [4.69, 9.17) is 9.47 Å². The molecule has 0 aromatic carbocycles. The Morgan fingerprint density at radius 2 is 0.776 bits per heavy atom. The molecule has 0 bridgehead atoms. The summed E-state index contributed by atoms with van der Waals surface area (Å²) in [5.41, 5.74) is 0. The minimum Gasteiger partial charge on any atom is -0.466 e. The van der Waals surface area contributed by atoms with Crippen molar-refractivity contribution < 1.29 is 63.7 Å². The van der Waals surface area contributed by atoms with Gasteiger partial charge in [-0.2, -0.15) is 39.5 Å². The van der Waals surface area contributed by atoms with E-state index in [1.165, 1.54) is 0 Å². The number of aliphatic hydroxyl groups is 1. The Labute approximate surface area is 343 Å². The molecule has 1 N–H and O–H groups in total. The number of carbonyl (C=O) groups excluding carboxylic acids is 2. The van der Waals surface area contributed by atoms with E-state index in [0.29, 0.717) is 83.7 Å². The van der Waals surface area contributed by atoms with Crippen LogP contribution in [0.4, 0.5) is 39.5 Å². The summed E-state index contributed by atoms with van der Waals surface area (Å²) >= 11 is 0. The Morgan fingerprint density at radius 1 is 0.431 bits per heavy atom. The Balaban J connectivity index is 4.14. The molecule has 0 aliphatic heterocycles. The van der Waals surface area contributed by atoms with Crippen LogP contribution in [0.15, 0.2) is 0 Å². The predicted octanol–water partition coefficient (Wildman–Crippen LogP) is 13.9. The lowest BCUT2D eigenvalue weighted by Crippen LogP contribution is -2.28. The Morgan fingerprint density at radius 3 is 1.24 bits per heavy atom. The first-order valence-corrected chi connectivity index (χ1v) is 22.4. The average Bonchev–Trinajstić information content (AvgIpc) is 3.13. The molecule has 0 saturated heterocycles. The van der Waals surface area contributed by atoms with Gasteiger partial charge in [0, 0.05) is 45.3 Å². The zero-order chi connectivity index (χ0) is 43.4. The molecule has 0 aromatic heterocycles. The van der Waals surface area contributed by atoms with Crippen molar-refractivity contribution in [1.82, 2.24) is 4.90 Å². The van der Waals surface area contributed by atoms with Gasteiger partial charge in [-0.05, 0) is 96.6 Å². The van der Waals surface area contributed by atoms with E-state index >= 15 is 0 Å². The third-order valence-corrected chi connectivity index (χ3v) is 10.2. The van der Waals surface area contributed by atoms with Crippen LogP contribution in [0.2, 0.25) is 0 Å². The topological polar surface area (TPSA) is 76.1 Å². The van der Waals surface area contributed by atoms with E-state index in [0.717, 1.165) is 103 Å². The van der Waals surface area contributed by atoms with Gasteiger partial charge in [0.15, 0.2) is 0 Å². The second kappa shape index (κ2) is 35.9. The molecular formula is C43H76F9NO5. The highest BCUT2D eigenvalue weighted by Crippen LogP contribution is 2.26. The maximum absolute atomic E-state index is 12.6. The van der Waals surface area contributed by atoms with Crippen molar-refractivity contribution in [1.29, 1.82) is 0 Å². The molecule has 0 fully saturated rings. The molecule has 0 amide bonds. The van der Waals surface area contributed by atoms with Crippen molar-refractivity contribution in [3.63, 3.8) is 0 Å². The first-order valence-electron chi connectivity index (χ1n) is 22.4. The largest absolute Gasteiger partial charge is 0.466 e. The van der Waals surface area contributed by atoms with Crippen LogP contribution in [0.3, 0.4) is 0 Å². The molecule has 0 radical (unpaired) electrons. The molecule has 0 aliphatic rings. The van der Waals surface area contributed by atoms with Gasteiger partial charge >= 0.3 is 30.5 Å². The van der Waals surface area contributed by atoms with Gasteiger partial charge in [0.25, 0.3) is 0 Å². The number of unbranched alkanes of at least 4 members (excludes halogenated alkanes) is 19. The minimum absolute atomic E-state index is 0.0256. The number of nitrogens with zero attached hydrogens (tertiary/aromatic N) is 1. The summed E-state index contributed by atoms with van der Waals surface area (Å²) in [7, 11) is 0. The lowest BCUT2D eigenvalue weighted by atomic mass is 10.0. The maximum Gasteiger partial charge on any atom is 0.389 e. The van der Waals surface area contributed by atoms with Gasteiger partial charge in [-0.25, -0.2) is 0 Å². The highest BCUT2D eigenvalue weighted by Gasteiger charge is 2.27. The number of hydrogen-bond acceptors (Lipinski definition) is 6. The molecule has 0 aliphatic carbocycles. The first kappa shape index (κ1) is 56.2. The van der Waals surface area contributed by atoms with E-state index in [9.17, 15) is 54.2 Å². The molecule has 346 valence electrons. The van der Waals surface area contributed by atoms with Crippen LogP contribution in [0, 0.1) is 0 Å². The van der Waals surface area contributed by atoms with Crippen molar-refractivity contribution in [2.45, 2.75) is 230 Å². The highest BCUT2D eigenvalue weighted by atomic mass is 19.4. The second-order valence-corrected chi connectivity index (χ2v) is 15.9. The fourth-order valence-corrected chi connectivity index (χ4v) is 6.90. The van der Waals surface area contributed by atoms with E-state index in [-0.39, 0.29) is 44.2 Å². The summed E-state index contributed by atoms with van der Waals surface area (Å²) in [5.74, 6) is -0.514. The van der Waals surface area contributed by atoms with E-state index in [2.05, 4.69) is 4.90 Å². The molecule has 0 heterocycles. The number of halogens is 9. The number of carbonyl (C=O) groups is 2. The lowest BCUT2D eigenvalue weighted by Gasteiger charge is -2.22. The summed E-state index contributed by atoms with van der Waals surface area (Å²) in [5, 5.41) is 9.33. The molecule has 58 heavy (non-hydrogen) atoms. The molecule has 0 spiro atoms. The molecule has 0 saturated carbocycles. The quantitative estimate of drug-likeness (QED) is 0.0376. The summed E-state index contributed by atoms with van der Waals surface area (Å²) < 4.78 is 122. The fraction of sp³-hybridized carbons (Fsp3) is 0.953. The van der Waals surface area contributed by atoms with E-state index in [1.807, 2.05) is 0 Å². The molecule has 1 unspecified atom stereocenters. The van der Waals surface area contributed by atoms with Gasteiger partial charge in [-0.3, -0.25) is 9.59 Å². The minimum atomic E-state index is -4.19. The SMILES string of the molecule is O=C(CCCCCN(CCCO)CCCCCCCC(=O)OC(CCCCCCCC(F)(F)F)CCCCCC(F)(F)F)OCCCCCCCCCCC(F)(F)F. The van der Waals surface area contributed by atoms with Crippen LogP contribution in [-0.4, -0.2) is 79.4 Å². The molecular weight excluding hydrogens is 781 g/mol. The number of rotatable bonds is 40. The normalized spacial score (nSPS) is 13.0. The molecule has 6 nitrogen and oxygen atoms in total. The Hall–Kier alpha value is -1.77. The third-order valence-electron chi connectivity index (χ3n) is 10.2. The number of aliphatic hydroxyl groups excluding tert-OH is 1. The lowest BCUT2D eigenvalue weighted by molar-refractivity contribution is -0.150. The molecule has 0 aromatic rings. The summed E-state index contributed by atoms with van der Waals surface area (Å²) in [6, 6.07) is 0. The van der Waals surface area contributed by atoms with Gasteiger partial charge in [0.1, 0.15) is 6.10 Å². The molecule has 0 rings (SSSR count). The number of ether oxygens (including phenoxy) is 2. The van der Waals surface area contributed by atoms with Gasteiger partial charge in [-0.1, -0.05) is 89.9 Å². The first-order chi connectivity index (χ1) is 27.5. The van der Waals surface area contributed by atoms with Crippen LogP contribution < -0.4 is 0 Å². The smallest absolute Gasteiger partial charge is 0.389 e. The standard InChI is InChI=1S/C43H76F9NO5/c44-41(45,46)30-19-9-3-1-2-4-12-24-37-57-39(55)28-18-14-23-34-53(35-25-36-54)33-22-11-6-8-17-29-40(56)58-38(27-16-13-21-32-43(50,51)52)26-15-7-5-10-20-31-42(47,48)49/h38,54H,1-37H2. The van der Waals surface area contributed by atoms with Crippen molar-refractivity contribution in [2.75, 3.05) is 32.8 Å².